The minimum atomic E-state index is -0.00971. The predicted octanol–water partition coefficient (Wildman–Crippen LogP) is 4.70. The normalized spacial score (nSPS) is 10.7. The van der Waals surface area contributed by atoms with Crippen LogP contribution < -0.4 is 9.47 Å². The molecule has 0 saturated heterocycles. The Morgan fingerprint density at radius 3 is 2.32 bits per heavy atom. The van der Waals surface area contributed by atoms with Gasteiger partial charge in [-0.15, -0.1) is 10.2 Å². The number of ether oxygens (including phenoxy) is 2. The lowest BCUT2D eigenvalue weighted by Crippen LogP contribution is -2.28. The van der Waals surface area contributed by atoms with E-state index >= 15 is 0 Å². The van der Waals surface area contributed by atoms with E-state index in [2.05, 4.69) is 10.2 Å². The summed E-state index contributed by atoms with van der Waals surface area (Å²) >= 11 is 1.36. The Balaban J connectivity index is 1.54. The average molecular weight is 475 g/mol. The van der Waals surface area contributed by atoms with Gasteiger partial charge in [-0.3, -0.25) is 9.36 Å². The second-order valence-electron chi connectivity index (χ2n) is 7.56. The maximum Gasteiger partial charge on any atom is 0.233 e. The van der Waals surface area contributed by atoms with E-state index in [1.807, 2.05) is 83.4 Å². The molecular weight excluding hydrogens is 448 g/mol. The fraction of sp³-hybridized carbons (Fsp3) is 0.192. The minimum absolute atomic E-state index is 0.00971. The van der Waals surface area contributed by atoms with E-state index in [0.29, 0.717) is 17.5 Å². The molecule has 4 rings (SSSR count). The smallest absolute Gasteiger partial charge is 0.233 e. The van der Waals surface area contributed by atoms with Gasteiger partial charge >= 0.3 is 0 Å². The highest BCUT2D eigenvalue weighted by atomic mass is 32.2. The van der Waals surface area contributed by atoms with Gasteiger partial charge in [0.05, 0.1) is 20.0 Å². The molecule has 0 aliphatic heterocycles. The third-order valence-corrected chi connectivity index (χ3v) is 6.26. The predicted molar refractivity (Wildman–Crippen MR) is 134 cm³/mol. The van der Waals surface area contributed by atoms with Gasteiger partial charge in [0.2, 0.25) is 5.91 Å². The van der Waals surface area contributed by atoms with Gasteiger partial charge in [-0.05, 0) is 42.5 Å². The van der Waals surface area contributed by atoms with Gasteiger partial charge in [-0.25, -0.2) is 0 Å². The minimum Gasteiger partial charge on any atom is -0.497 e. The van der Waals surface area contributed by atoms with Gasteiger partial charge in [-0.1, -0.05) is 48.2 Å². The Kier molecular flexibility index (Phi) is 7.49. The van der Waals surface area contributed by atoms with Gasteiger partial charge in [0.15, 0.2) is 11.0 Å². The van der Waals surface area contributed by atoms with E-state index in [9.17, 15) is 4.79 Å². The largest absolute Gasteiger partial charge is 0.497 e. The molecule has 3 aromatic carbocycles. The van der Waals surface area contributed by atoms with Crippen LogP contribution in [0, 0.1) is 0 Å². The molecule has 0 aliphatic rings. The highest BCUT2D eigenvalue weighted by Crippen LogP contribution is 2.29. The molecule has 0 spiro atoms. The molecule has 0 bridgehead atoms. The molecule has 1 heterocycles. The lowest BCUT2D eigenvalue weighted by molar-refractivity contribution is -0.127. The number of nitrogens with zero attached hydrogens (tertiary/aromatic N) is 4. The number of thioether (sulfide) groups is 1. The van der Waals surface area contributed by atoms with Crippen molar-refractivity contribution in [2.24, 2.45) is 0 Å². The van der Waals surface area contributed by atoms with E-state index in [1.165, 1.54) is 11.8 Å². The van der Waals surface area contributed by atoms with E-state index in [0.717, 1.165) is 28.3 Å². The van der Waals surface area contributed by atoms with Crippen molar-refractivity contribution in [2.75, 3.05) is 27.0 Å². The molecule has 34 heavy (non-hydrogen) atoms. The molecular formula is C26H26N4O3S. The van der Waals surface area contributed by atoms with Crippen molar-refractivity contribution in [2.45, 2.75) is 11.7 Å². The fourth-order valence-corrected chi connectivity index (χ4v) is 4.41. The van der Waals surface area contributed by atoms with Crippen LogP contribution in [0.3, 0.4) is 0 Å². The van der Waals surface area contributed by atoms with Gasteiger partial charge < -0.3 is 14.4 Å². The van der Waals surface area contributed by atoms with Crippen LogP contribution in [-0.4, -0.2) is 52.6 Å². The van der Waals surface area contributed by atoms with Crippen LogP contribution >= 0.6 is 11.8 Å². The maximum absolute atomic E-state index is 12.9. The van der Waals surface area contributed by atoms with Crippen LogP contribution in [0.1, 0.15) is 5.56 Å². The summed E-state index contributed by atoms with van der Waals surface area (Å²) in [7, 11) is 5.06. The molecule has 0 saturated carbocycles. The molecule has 174 valence electrons. The molecule has 0 N–H and O–H groups in total. The highest BCUT2D eigenvalue weighted by Gasteiger charge is 2.19. The summed E-state index contributed by atoms with van der Waals surface area (Å²) < 4.78 is 12.7. The first-order valence-corrected chi connectivity index (χ1v) is 11.7. The van der Waals surface area contributed by atoms with Crippen molar-refractivity contribution in [3.8, 4) is 28.6 Å². The number of aromatic nitrogens is 3. The molecule has 1 amide bonds. The highest BCUT2D eigenvalue weighted by molar-refractivity contribution is 7.99. The lowest BCUT2D eigenvalue weighted by atomic mass is 10.2. The molecule has 0 fully saturated rings. The molecule has 8 heteroatoms. The van der Waals surface area contributed by atoms with E-state index in [1.54, 1.807) is 26.2 Å². The number of hydrogen-bond donors (Lipinski definition) is 0. The summed E-state index contributed by atoms with van der Waals surface area (Å²) in [6, 6.07) is 25.3. The standard InChI is InChI=1S/C26H26N4O3S/c1-29(17-20-9-7-8-12-23(20)33-3)24(31)18-34-26-28-27-25(19-13-15-22(32-2)16-14-19)30(26)21-10-5-4-6-11-21/h4-16H,17-18H2,1-3H3. The van der Waals surface area contributed by atoms with Gasteiger partial charge in [-0.2, -0.15) is 0 Å². The third-order valence-electron chi connectivity index (χ3n) is 5.35. The molecule has 0 radical (unpaired) electrons. The monoisotopic (exact) mass is 474 g/mol. The van der Waals surface area contributed by atoms with Crippen LogP contribution in [0.5, 0.6) is 11.5 Å². The Morgan fingerprint density at radius 2 is 1.62 bits per heavy atom. The van der Waals surface area contributed by atoms with Crippen LogP contribution in [0.25, 0.3) is 17.1 Å². The molecule has 1 aromatic heterocycles. The summed E-state index contributed by atoms with van der Waals surface area (Å²) in [5.74, 6) is 2.46. The zero-order chi connectivity index (χ0) is 23.9. The molecule has 0 aliphatic carbocycles. The first-order valence-electron chi connectivity index (χ1n) is 10.7. The van der Waals surface area contributed by atoms with Gasteiger partial charge in [0.25, 0.3) is 0 Å². The van der Waals surface area contributed by atoms with Gasteiger partial charge in [0.1, 0.15) is 11.5 Å². The number of carbonyl (C=O) groups excluding carboxylic acids is 1. The summed E-state index contributed by atoms with van der Waals surface area (Å²) in [4.78, 5) is 14.6. The van der Waals surface area contributed by atoms with Crippen LogP contribution in [-0.2, 0) is 11.3 Å². The second kappa shape index (κ2) is 10.9. The van der Waals surface area contributed by atoms with Crippen molar-refractivity contribution in [3.63, 3.8) is 0 Å². The number of benzene rings is 3. The van der Waals surface area contributed by atoms with E-state index in [4.69, 9.17) is 9.47 Å². The first-order chi connectivity index (χ1) is 16.6. The number of rotatable bonds is 9. The second-order valence-corrected chi connectivity index (χ2v) is 8.50. The zero-order valence-electron chi connectivity index (χ0n) is 19.3. The molecule has 4 aromatic rings. The fourth-order valence-electron chi connectivity index (χ4n) is 3.51. The maximum atomic E-state index is 12.9. The number of methoxy groups -OCH3 is 2. The first kappa shape index (κ1) is 23.4. The summed E-state index contributed by atoms with van der Waals surface area (Å²) in [6.07, 6.45) is 0. The Bertz CT molecular complexity index is 1240. The topological polar surface area (TPSA) is 69.5 Å². The quantitative estimate of drug-likeness (QED) is 0.328. The van der Waals surface area contributed by atoms with Crippen molar-refractivity contribution < 1.29 is 14.3 Å². The van der Waals surface area contributed by atoms with E-state index in [-0.39, 0.29) is 11.7 Å². The summed E-state index contributed by atoms with van der Waals surface area (Å²) in [5, 5.41) is 9.50. The average Bonchev–Trinajstić information content (AvgIpc) is 3.32. The third kappa shape index (κ3) is 5.23. The number of para-hydroxylation sites is 2. The Labute approximate surface area is 203 Å². The van der Waals surface area contributed by atoms with Crippen LogP contribution in [0.4, 0.5) is 0 Å². The molecule has 7 nitrogen and oxygen atoms in total. The number of hydrogen-bond acceptors (Lipinski definition) is 6. The van der Waals surface area contributed by atoms with E-state index < -0.39 is 0 Å². The lowest BCUT2D eigenvalue weighted by Gasteiger charge is -2.18. The van der Waals surface area contributed by atoms with Crippen LogP contribution in [0.2, 0.25) is 0 Å². The SMILES string of the molecule is COc1ccc(-c2nnc(SCC(=O)N(C)Cc3ccccc3OC)n2-c2ccccc2)cc1. The zero-order valence-corrected chi connectivity index (χ0v) is 20.2. The van der Waals surface area contributed by atoms with Crippen LogP contribution in [0.15, 0.2) is 84.0 Å². The van der Waals surface area contributed by atoms with Crippen molar-refractivity contribution in [1.82, 2.24) is 19.7 Å². The van der Waals surface area contributed by atoms with Gasteiger partial charge in [0, 0.05) is 30.4 Å². The van der Waals surface area contributed by atoms with Crippen molar-refractivity contribution in [1.29, 1.82) is 0 Å². The molecule has 0 unspecified atom stereocenters. The number of amides is 1. The van der Waals surface area contributed by atoms with Crippen molar-refractivity contribution in [3.05, 3.63) is 84.4 Å². The summed E-state index contributed by atoms with van der Waals surface area (Å²) in [6.45, 7) is 0.464. The number of carbonyl (C=O) groups is 1. The Hall–Kier alpha value is -3.78. The van der Waals surface area contributed by atoms with Crippen molar-refractivity contribution >= 4 is 17.7 Å². The molecule has 0 atom stereocenters. The Morgan fingerprint density at radius 1 is 0.912 bits per heavy atom. The summed E-state index contributed by atoms with van der Waals surface area (Å²) in [5.41, 5.74) is 2.79.